The summed E-state index contributed by atoms with van der Waals surface area (Å²) in [6.07, 6.45) is 13.6. The summed E-state index contributed by atoms with van der Waals surface area (Å²) >= 11 is 0. The highest BCUT2D eigenvalue weighted by Crippen LogP contribution is 2.20. The van der Waals surface area contributed by atoms with Crippen molar-refractivity contribution in [1.82, 2.24) is 9.97 Å². The molecule has 2 N–H and O–H groups in total. The number of aliphatic hydroxyl groups is 2. The monoisotopic (exact) mass is 492 g/mol. The van der Waals surface area contributed by atoms with Gasteiger partial charge in [0.2, 0.25) is 0 Å². The molecule has 36 heavy (non-hydrogen) atoms. The lowest BCUT2D eigenvalue weighted by Crippen LogP contribution is -1.99. The van der Waals surface area contributed by atoms with Crippen LogP contribution in [0.1, 0.15) is 62.5 Å². The zero-order valence-corrected chi connectivity index (χ0v) is 21.3. The fourth-order valence-corrected chi connectivity index (χ4v) is 3.89. The Morgan fingerprint density at radius 2 is 1.00 bits per heavy atom. The second-order valence-electron chi connectivity index (χ2n) is 9.06. The van der Waals surface area contributed by atoms with E-state index in [1.54, 1.807) is 0 Å². The minimum absolute atomic E-state index is 0.267. The smallest absolute Gasteiger partial charge is 0.159 e. The van der Waals surface area contributed by atoms with Gasteiger partial charge in [0.25, 0.3) is 0 Å². The van der Waals surface area contributed by atoms with Gasteiger partial charge in [-0.1, -0.05) is 25.0 Å². The number of ether oxygens (including phenoxy) is 2. The fraction of sp³-hybridized carbons (Fsp3) is 0.467. The first kappa shape index (κ1) is 27.6. The first-order valence-electron chi connectivity index (χ1n) is 13.3. The van der Waals surface area contributed by atoms with Crippen LogP contribution in [-0.2, 0) is 12.8 Å². The minimum Gasteiger partial charge on any atom is -0.494 e. The molecular formula is C30H40N2O4. The summed E-state index contributed by atoms with van der Waals surface area (Å²) in [6.45, 7) is 1.95. The van der Waals surface area contributed by atoms with Gasteiger partial charge in [-0.15, -0.1) is 0 Å². The van der Waals surface area contributed by atoms with E-state index in [-0.39, 0.29) is 13.2 Å². The van der Waals surface area contributed by atoms with Crippen molar-refractivity contribution in [1.29, 1.82) is 0 Å². The van der Waals surface area contributed by atoms with Crippen molar-refractivity contribution >= 4 is 0 Å². The third kappa shape index (κ3) is 10.3. The van der Waals surface area contributed by atoms with Gasteiger partial charge in [-0.2, -0.15) is 0 Å². The molecule has 6 nitrogen and oxygen atoms in total. The fourth-order valence-electron chi connectivity index (χ4n) is 3.89. The average Bonchev–Trinajstić information content (AvgIpc) is 2.93. The average molecular weight is 493 g/mol. The van der Waals surface area contributed by atoms with Crippen LogP contribution >= 0.6 is 0 Å². The molecule has 0 saturated carbocycles. The van der Waals surface area contributed by atoms with E-state index in [1.807, 2.05) is 48.8 Å². The lowest BCUT2D eigenvalue weighted by Gasteiger charge is -2.08. The van der Waals surface area contributed by atoms with Crippen molar-refractivity contribution in [3.8, 4) is 22.9 Å². The van der Waals surface area contributed by atoms with Crippen LogP contribution in [0.5, 0.6) is 11.5 Å². The maximum absolute atomic E-state index is 8.81. The van der Waals surface area contributed by atoms with Crippen LogP contribution in [0.3, 0.4) is 0 Å². The van der Waals surface area contributed by atoms with Crippen LogP contribution in [0, 0.1) is 0 Å². The van der Waals surface area contributed by atoms with Crippen molar-refractivity contribution in [3.63, 3.8) is 0 Å². The largest absolute Gasteiger partial charge is 0.494 e. The number of aliphatic hydroxyl groups excluding tert-OH is 2. The van der Waals surface area contributed by atoms with Crippen LogP contribution in [0.25, 0.3) is 11.4 Å². The molecule has 0 bridgehead atoms. The molecule has 0 atom stereocenters. The molecule has 6 heteroatoms. The summed E-state index contributed by atoms with van der Waals surface area (Å²) in [7, 11) is 0. The molecule has 0 aliphatic carbocycles. The number of aryl methyl sites for hydroxylation is 2. The van der Waals surface area contributed by atoms with E-state index in [0.29, 0.717) is 12.4 Å². The zero-order chi connectivity index (χ0) is 25.3. The summed E-state index contributed by atoms with van der Waals surface area (Å²) in [5.74, 6) is 2.47. The molecule has 1 heterocycles. The molecule has 0 radical (unpaired) electrons. The van der Waals surface area contributed by atoms with Crippen molar-refractivity contribution in [2.45, 2.75) is 64.2 Å². The first-order valence-corrected chi connectivity index (χ1v) is 13.3. The topological polar surface area (TPSA) is 84.7 Å². The van der Waals surface area contributed by atoms with Crippen LogP contribution in [-0.4, -0.2) is 46.6 Å². The first-order chi connectivity index (χ1) is 17.8. The van der Waals surface area contributed by atoms with E-state index in [2.05, 4.69) is 22.1 Å². The van der Waals surface area contributed by atoms with Crippen LogP contribution in [0.2, 0.25) is 0 Å². The normalized spacial score (nSPS) is 10.9. The molecule has 0 amide bonds. The van der Waals surface area contributed by atoms with E-state index >= 15 is 0 Å². The summed E-state index contributed by atoms with van der Waals surface area (Å²) in [6, 6.07) is 16.2. The van der Waals surface area contributed by atoms with Gasteiger partial charge in [0, 0.05) is 31.2 Å². The molecule has 3 rings (SSSR count). The number of aromatic nitrogens is 2. The quantitative estimate of drug-likeness (QED) is 0.219. The Kier molecular flexibility index (Phi) is 12.8. The third-order valence-corrected chi connectivity index (χ3v) is 6.09. The van der Waals surface area contributed by atoms with Gasteiger partial charge >= 0.3 is 0 Å². The van der Waals surface area contributed by atoms with Gasteiger partial charge in [-0.3, -0.25) is 0 Å². The summed E-state index contributed by atoms with van der Waals surface area (Å²) < 4.78 is 11.6. The summed E-state index contributed by atoms with van der Waals surface area (Å²) in [5.41, 5.74) is 3.35. The summed E-state index contributed by atoms with van der Waals surface area (Å²) in [4.78, 5) is 9.13. The Bertz CT molecular complexity index is 960. The van der Waals surface area contributed by atoms with Crippen LogP contribution < -0.4 is 9.47 Å². The molecule has 0 saturated heterocycles. The Hall–Kier alpha value is -2.96. The van der Waals surface area contributed by atoms with Crippen molar-refractivity contribution in [2.75, 3.05) is 26.4 Å². The van der Waals surface area contributed by atoms with E-state index in [9.17, 15) is 0 Å². The molecule has 0 aliphatic rings. The summed E-state index contributed by atoms with van der Waals surface area (Å²) in [5, 5.41) is 17.6. The van der Waals surface area contributed by atoms with Gasteiger partial charge in [0.1, 0.15) is 11.5 Å². The highest BCUT2D eigenvalue weighted by Gasteiger charge is 2.04. The highest BCUT2D eigenvalue weighted by molar-refractivity contribution is 5.55. The lowest BCUT2D eigenvalue weighted by atomic mass is 10.1. The number of hydrogen-bond donors (Lipinski definition) is 2. The molecule has 0 aliphatic heterocycles. The molecule has 0 spiro atoms. The zero-order valence-electron chi connectivity index (χ0n) is 21.3. The minimum atomic E-state index is 0.267. The van der Waals surface area contributed by atoms with Gasteiger partial charge < -0.3 is 19.7 Å². The second kappa shape index (κ2) is 16.7. The lowest BCUT2D eigenvalue weighted by molar-refractivity contribution is 0.273. The highest BCUT2D eigenvalue weighted by atomic mass is 16.5. The second-order valence-corrected chi connectivity index (χ2v) is 9.06. The molecule has 194 valence electrons. The van der Waals surface area contributed by atoms with Gasteiger partial charge in [0.05, 0.1) is 13.2 Å². The molecule has 0 fully saturated rings. The Morgan fingerprint density at radius 3 is 1.53 bits per heavy atom. The van der Waals surface area contributed by atoms with Crippen LogP contribution in [0.15, 0.2) is 60.9 Å². The Labute approximate surface area is 215 Å². The number of rotatable bonds is 18. The van der Waals surface area contributed by atoms with E-state index < -0.39 is 0 Å². The molecule has 2 aromatic carbocycles. The van der Waals surface area contributed by atoms with E-state index in [1.165, 1.54) is 5.56 Å². The van der Waals surface area contributed by atoms with Gasteiger partial charge in [-0.05, 0) is 98.9 Å². The maximum Gasteiger partial charge on any atom is 0.159 e. The molecule has 1 aromatic heterocycles. The van der Waals surface area contributed by atoms with Crippen LogP contribution in [0.4, 0.5) is 0 Å². The van der Waals surface area contributed by atoms with E-state index in [4.69, 9.17) is 19.7 Å². The standard InChI is InChI=1S/C30H40N2O4/c33-19-5-1-3-7-21-35-28-15-11-25(12-16-28)9-10-26-23-31-30(32-24-26)27-13-17-29(18-14-27)36-22-8-4-2-6-20-34/h11-18,23-24,33-34H,1-10,19-22H2. The van der Waals surface area contributed by atoms with Crippen molar-refractivity contribution in [2.24, 2.45) is 0 Å². The number of hydrogen-bond acceptors (Lipinski definition) is 6. The van der Waals surface area contributed by atoms with Gasteiger partial charge in [0.15, 0.2) is 5.82 Å². The Morgan fingerprint density at radius 1 is 0.528 bits per heavy atom. The molecular weight excluding hydrogens is 452 g/mol. The van der Waals surface area contributed by atoms with Crippen molar-refractivity contribution in [3.05, 3.63) is 72.1 Å². The Balaban J connectivity index is 1.37. The van der Waals surface area contributed by atoms with Crippen molar-refractivity contribution < 1.29 is 19.7 Å². The SMILES string of the molecule is OCCCCCCOc1ccc(CCc2cnc(-c3ccc(OCCCCCCO)cc3)nc2)cc1. The number of benzene rings is 2. The van der Waals surface area contributed by atoms with Gasteiger partial charge in [-0.25, -0.2) is 9.97 Å². The maximum atomic E-state index is 8.81. The molecule has 3 aromatic rings. The third-order valence-electron chi connectivity index (χ3n) is 6.09. The molecule has 0 unspecified atom stereocenters. The number of unbranched alkanes of at least 4 members (excludes halogenated alkanes) is 6. The van der Waals surface area contributed by atoms with E-state index in [0.717, 1.165) is 93.4 Å². The predicted molar refractivity (Wildman–Crippen MR) is 143 cm³/mol. The number of nitrogens with zero attached hydrogens (tertiary/aromatic N) is 2. The predicted octanol–water partition coefficient (Wildman–Crippen LogP) is 5.79.